The molecule has 2 rings (SSSR count). The minimum atomic E-state index is -1.06. The number of hydrogen-bond acceptors (Lipinski definition) is 4. The number of aliphatic hydroxyl groups is 1. The van der Waals surface area contributed by atoms with Crippen LogP contribution in [0.5, 0.6) is 0 Å². The van der Waals surface area contributed by atoms with Gasteiger partial charge in [-0.1, -0.05) is 0 Å². The summed E-state index contributed by atoms with van der Waals surface area (Å²) in [5.74, 6) is 0.0418. The standard InChI is InChI=1S/C12H20N2O4S/c1-12(3-2-4-19-12)7-13-11(18)14-6-8(15)5-9(14)10(16)17/h8-9,15H,2-7H2,1H3,(H,13,18)(H,16,17)/t8?,9-,12?/m0/s1. The average Bonchev–Trinajstić information content (AvgIpc) is 2.93. The van der Waals surface area contributed by atoms with Gasteiger partial charge >= 0.3 is 12.0 Å². The van der Waals surface area contributed by atoms with Crippen LogP contribution in [-0.4, -0.2) is 62.8 Å². The van der Waals surface area contributed by atoms with Crippen LogP contribution in [-0.2, 0) is 4.79 Å². The third-order valence-electron chi connectivity index (χ3n) is 3.74. The molecule has 0 saturated carbocycles. The Bertz CT molecular complexity index is 371. The molecule has 6 nitrogen and oxygen atoms in total. The Labute approximate surface area is 116 Å². The van der Waals surface area contributed by atoms with Gasteiger partial charge in [-0.2, -0.15) is 11.8 Å². The molecule has 3 N–H and O–H groups in total. The molecule has 0 spiro atoms. The van der Waals surface area contributed by atoms with E-state index in [4.69, 9.17) is 5.11 Å². The molecule has 108 valence electrons. The Morgan fingerprint density at radius 2 is 2.26 bits per heavy atom. The van der Waals surface area contributed by atoms with Crippen LogP contribution in [0.2, 0.25) is 0 Å². The first kappa shape index (κ1) is 14.5. The summed E-state index contributed by atoms with van der Waals surface area (Å²) in [6.45, 7) is 2.74. The number of nitrogens with zero attached hydrogens (tertiary/aromatic N) is 1. The topological polar surface area (TPSA) is 89.9 Å². The lowest BCUT2D eigenvalue weighted by atomic mass is 10.1. The largest absolute Gasteiger partial charge is 0.480 e. The molecule has 19 heavy (non-hydrogen) atoms. The molecule has 0 radical (unpaired) electrons. The van der Waals surface area contributed by atoms with Crippen LogP contribution in [0.25, 0.3) is 0 Å². The fourth-order valence-corrected chi connectivity index (χ4v) is 3.86. The van der Waals surface area contributed by atoms with Crippen molar-refractivity contribution in [3.05, 3.63) is 0 Å². The zero-order valence-corrected chi connectivity index (χ0v) is 11.8. The summed E-state index contributed by atoms with van der Waals surface area (Å²) in [5.41, 5.74) is 0. The van der Waals surface area contributed by atoms with E-state index in [1.807, 2.05) is 11.8 Å². The van der Waals surface area contributed by atoms with E-state index in [-0.39, 0.29) is 17.7 Å². The number of β-amino-alcohol motifs (C(OH)–C–C–N with tert-alkyl or cyclic N) is 1. The van der Waals surface area contributed by atoms with Gasteiger partial charge in [0.25, 0.3) is 0 Å². The highest BCUT2D eigenvalue weighted by Gasteiger charge is 2.39. The average molecular weight is 288 g/mol. The first-order valence-corrected chi connectivity index (χ1v) is 7.49. The van der Waals surface area contributed by atoms with Crippen LogP contribution < -0.4 is 5.32 Å². The number of carboxylic acids is 1. The smallest absolute Gasteiger partial charge is 0.326 e. The monoisotopic (exact) mass is 288 g/mol. The van der Waals surface area contributed by atoms with E-state index in [1.165, 1.54) is 4.90 Å². The van der Waals surface area contributed by atoms with E-state index in [0.29, 0.717) is 6.54 Å². The predicted molar refractivity (Wildman–Crippen MR) is 72.2 cm³/mol. The van der Waals surface area contributed by atoms with Gasteiger partial charge < -0.3 is 20.4 Å². The summed E-state index contributed by atoms with van der Waals surface area (Å²) >= 11 is 1.84. The first-order valence-electron chi connectivity index (χ1n) is 6.50. The molecule has 2 aliphatic heterocycles. The molecule has 2 fully saturated rings. The molecule has 2 aliphatic rings. The second kappa shape index (κ2) is 5.58. The van der Waals surface area contributed by atoms with Gasteiger partial charge in [0.1, 0.15) is 6.04 Å². The number of likely N-dealkylation sites (tertiary alicyclic amines) is 1. The molecule has 0 aliphatic carbocycles. The lowest BCUT2D eigenvalue weighted by Crippen LogP contribution is -2.49. The minimum absolute atomic E-state index is 0.0483. The maximum absolute atomic E-state index is 12.0. The van der Waals surface area contributed by atoms with Gasteiger partial charge in [-0.25, -0.2) is 9.59 Å². The fraction of sp³-hybridized carbons (Fsp3) is 0.833. The van der Waals surface area contributed by atoms with Gasteiger partial charge in [0.15, 0.2) is 0 Å². The van der Waals surface area contributed by atoms with Crippen LogP contribution in [0.1, 0.15) is 26.2 Å². The maximum Gasteiger partial charge on any atom is 0.326 e. The van der Waals surface area contributed by atoms with Crippen LogP contribution in [0.3, 0.4) is 0 Å². The Morgan fingerprint density at radius 3 is 2.84 bits per heavy atom. The summed E-state index contributed by atoms with van der Waals surface area (Å²) in [4.78, 5) is 24.3. The van der Waals surface area contributed by atoms with E-state index in [2.05, 4.69) is 12.2 Å². The number of nitrogens with one attached hydrogen (secondary N) is 1. The number of aliphatic hydroxyl groups excluding tert-OH is 1. The molecule has 2 unspecified atom stereocenters. The molecule has 2 saturated heterocycles. The van der Waals surface area contributed by atoms with Crippen molar-refractivity contribution < 1.29 is 19.8 Å². The molecule has 0 aromatic heterocycles. The molecular weight excluding hydrogens is 268 g/mol. The number of thioether (sulfide) groups is 1. The predicted octanol–water partition coefficient (Wildman–Crippen LogP) is 0.501. The number of carbonyl (C=O) groups is 2. The summed E-state index contributed by atoms with van der Waals surface area (Å²) in [6.07, 6.45) is 1.57. The van der Waals surface area contributed by atoms with Crippen molar-refractivity contribution in [3.8, 4) is 0 Å². The van der Waals surface area contributed by atoms with E-state index in [0.717, 1.165) is 18.6 Å². The van der Waals surface area contributed by atoms with Crippen molar-refractivity contribution in [2.45, 2.75) is 43.1 Å². The molecule has 7 heteroatoms. The molecule has 0 aromatic rings. The number of amides is 2. The summed E-state index contributed by atoms with van der Waals surface area (Å²) < 4.78 is 0.0483. The number of aliphatic carboxylic acids is 1. The molecule has 2 amide bonds. The van der Waals surface area contributed by atoms with Crippen LogP contribution in [0.4, 0.5) is 4.79 Å². The summed E-state index contributed by atoms with van der Waals surface area (Å²) in [5, 5.41) is 21.4. The lowest BCUT2D eigenvalue weighted by Gasteiger charge is -2.26. The van der Waals surface area contributed by atoms with E-state index in [9.17, 15) is 14.7 Å². The summed E-state index contributed by atoms with van der Waals surface area (Å²) in [6, 6.07) is -1.31. The van der Waals surface area contributed by atoms with Crippen molar-refractivity contribution >= 4 is 23.8 Å². The SMILES string of the molecule is CC1(CNC(=O)N2CC(O)C[C@H]2C(=O)O)CCCS1. The van der Waals surface area contributed by atoms with Gasteiger partial charge in [-0.05, 0) is 25.5 Å². The van der Waals surface area contributed by atoms with Crippen molar-refractivity contribution in [2.24, 2.45) is 0 Å². The fourth-order valence-electron chi connectivity index (χ4n) is 2.61. The number of rotatable bonds is 3. The Hall–Kier alpha value is -0.950. The second-order valence-electron chi connectivity index (χ2n) is 5.46. The van der Waals surface area contributed by atoms with E-state index >= 15 is 0 Å². The lowest BCUT2D eigenvalue weighted by molar-refractivity contribution is -0.141. The molecule has 0 bridgehead atoms. The van der Waals surface area contributed by atoms with Crippen LogP contribution in [0, 0.1) is 0 Å². The highest BCUT2D eigenvalue weighted by atomic mass is 32.2. The zero-order chi connectivity index (χ0) is 14.0. The number of urea groups is 1. The second-order valence-corrected chi connectivity index (χ2v) is 7.14. The zero-order valence-electron chi connectivity index (χ0n) is 11.0. The van der Waals surface area contributed by atoms with Crippen LogP contribution >= 0.6 is 11.8 Å². The minimum Gasteiger partial charge on any atom is -0.480 e. The van der Waals surface area contributed by atoms with Crippen molar-refractivity contribution in [1.82, 2.24) is 10.2 Å². The van der Waals surface area contributed by atoms with Gasteiger partial charge in [0.2, 0.25) is 0 Å². The normalized spacial score (nSPS) is 34.5. The van der Waals surface area contributed by atoms with E-state index in [1.54, 1.807) is 0 Å². The molecule has 2 heterocycles. The Kier molecular flexibility index (Phi) is 4.25. The molecule has 3 atom stereocenters. The van der Waals surface area contributed by atoms with Gasteiger partial charge in [0, 0.05) is 24.3 Å². The third kappa shape index (κ3) is 3.33. The first-order chi connectivity index (χ1) is 8.91. The highest BCUT2D eigenvalue weighted by Crippen LogP contribution is 2.37. The van der Waals surface area contributed by atoms with Crippen molar-refractivity contribution in [3.63, 3.8) is 0 Å². The molecular formula is C12H20N2O4S. The number of hydrogen-bond donors (Lipinski definition) is 3. The van der Waals surface area contributed by atoms with Gasteiger partial charge in [-0.15, -0.1) is 0 Å². The summed E-state index contributed by atoms with van der Waals surface area (Å²) in [7, 11) is 0. The van der Waals surface area contributed by atoms with Crippen molar-refractivity contribution in [2.75, 3.05) is 18.8 Å². The Balaban J connectivity index is 1.90. The van der Waals surface area contributed by atoms with Gasteiger partial charge in [-0.3, -0.25) is 0 Å². The maximum atomic E-state index is 12.0. The van der Waals surface area contributed by atoms with Gasteiger partial charge in [0.05, 0.1) is 6.10 Å². The van der Waals surface area contributed by atoms with E-state index < -0.39 is 24.1 Å². The molecule has 0 aromatic carbocycles. The van der Waals surface area contributed by atoms with Crippen molar-refractivity contribution in [1.29, 1.82) is 0 Å². The quantitative estimate of drug-likeness (QED) is 0.703. The third-order valence-corrected chi connectivity index (χ3v) is 5.28. The van der Waals surface area contributed by atoms with Crippen LogP contribution in [0.15, 0.2) is 0 Å². The number of carboxylic acid groups (broad SMARTS) is 1. The number of carbonyl (C=O) groups excluding carboxylic acids is 1. The Morgan fingerprint density at radius 1 is 1.53 bits per heavy atom. The highest BCUT2D eigenvalue weighted by molar-refractivity contribution is 8.00.